The summed E-state index contributed by atoms with van der Waals surface area (Å²) in [7, 11) is 1.82. The van der Waals surface area contributed by atoms with E-state index in [1.165, 1.54) is 50.3 Å². The lowest BCUT2D eigenvalue weighted by Gasteiger charge is -2.20. The van der Waals surface area contributed by atoms with E-state index in [1.807, 2.05) is 7.05 Å². The molecule has 0 spiro atoms. The van der Waals surface area contributed by atoms with Crippen molar-refractivity contribution in [1.82, 2.24) is 20.5 Å². The molecule has 0 unspecified atom stereocenters. The minimum atomic E-state index is 0.500. The summed E-state index contributed by atoms with van der Waals surface area (Å²) in [5, 5.41) is 10.1. The number of aliphatic imine (C=N–C) groups is 1. The van der Waals surface area contributed by atoms with Gasteiger partial charge in [-0.05, 0) is 38.9 Å². The maximum atomic E-state index is 4.65. The van der Waals surface area contributed by atoms with E-state index in [1.54, 1.807) is 11.3 Å². The Morgan fingerprint density at radius 1 is 1.25 bits per heavy atom. The van der Waals surface area contributed by atoms with Crippen LogP contribution in [0.4, 0.5) is 0 Å². The molecule has 0 saturated carbocycles. The molecule has 2 heterocycles. The molecule has 0 aromatic carbocycles. The first-order valence-corrected chi connectivity index (χ1v) is 10.2. The third-order valence-electron chi connectivity index (χ3n) is 4.37. The van der Waals surface area contributed by atoms with Crippen molar-refractivity contribution < 1.29 is 0 Å². The summed E-state index contributed by atoms with van der Waals surface area (Å²) in [5.41, 5.74) is 1.09. The molecule has 2 N–H and O–H groups in total. The molecular formula is C18H33N5S. The second kappa shape index (κ2) is 10.7. The molecule has 0 aliphatic carbocycles. The molecule has 136 valence electrons. The van der Waals surface area contributed by atoms with Crippen LogP contribution in [0.3, 0.4) is 0 Å². The van der Waals surface area contributed by atoms with Crippen LogP contribution in [0.15, 0.2) is 10.4 Å². The predicted molar refractivity (Wildman–Crippen MR) is 104 cm³/mol. The molecule has 2 rings (SSSR count). The maximum absolute atomic E-state index is 4.65. The lowest BCUT2D eigenvalue weighted by Crippen LogP contribution is -2.38. The summed E-state index contributed by atoms with van der Waals surface area (Å²) < 4.78 is 0. The molecule has 24 heavy (non-hydrogen) atoms. The highest BCUT2D eigenvalue weighted by molar-refractivity contribution is 7.09. The van der Waals surface area contributed by atoms with Gasteiger partial charge >= 0.3 is 0 Å². The van der Waals surface area contributed by atoms with Crippen molar-refractivity contribution in [1.29, 1.82) is 0 Å². The molecular weight excluding hydrogens is 318 g/mol. The highest BCUT2D eigenvalue weighted by Gasteiger charge is 2.09. The second-order valence-electron chi connectivity index (χ2n) is 6.79. The lowest BCUT2D eigenvalue weighted by molar-refractivity contribution is 0.282. The Bertz CT molecular complexity index is 489. The van der Waals surface area contributed by atoms with Crippen LogP contribution in [0, 0.1) is 0 Å². The van der Waals surface area contributed by atoms with Gasteiger partial charge in [0.15, 0.2) is 5.96 Å². The second-order valence-corrected chi connectivity index (χ2v) is 7.68. The predicted octanol–water partition coefficient (Wildman–Crippen LogP) is 3.20. The Hall–Kier alpha value is -1.14. The van der Waals surface area contributed by atoms with Gasteiger partial charge in [0, 0.05) is 24.9 Å². The Morgan fingerprint density at radius 3 is 2.62 bits per heavy atom. The Labute approximate surface area is 151 Å². The molecule has 1 aliphatic heterocycles. The first-order valence-electron chi connectivity index (χ1n) is 9.30. The summed E-state index contributed by atoms with van der Waals surface area (Å²) in [6.07, 6.45) is 6.70. The molecule has 1 saturated heterocycles. The van der Waals surface area contributed by atoms with Gasteiger partial charge in [0.2, 0.25) is 0 Å². The van der Waals surface area contributed by atoms with E-state index >= 15 is 0 Å². The summed E-state index contributed by atoms with van der Waals surface area (Å²) in [6, 6.07) is 0. The van der Waals surface area contributed by atoms with E-state index in [0.717, 1.165) is 31.2 Å². The SMILES string of the molecule is CN=C(NCCCN1CCCCCC1)NCc1csc(C(C)C)n1. The monoisotopic (exact) mass is 351 g/mol. The summed E-state index contributed by atoms with van der Waals surface area (Å²) in [4.78, 5) is 11.6. The van der Waals surface area contributed by atoms with Crippen LogP contribution in [0.2, 0.25) is 0 Å². The van der Waals surface area contributed by atoms with Gasteiger partial charge in [-0.1, -0.05) is 26.7 Å². The van der Waals surface area contributed by atoms with Gasteiger partial charge in [0.05, 0.1) is 17.2 Å². The van der Waals surface area contributed by atoms with Crippen LogP contribution in [0.25, 0.3) is 0 Å². The van der Waals surface area contributed by atoms with Crippen LogP contribution in [-0.2, 0) is 6.54 Å². The average Bonchev–Trinajstić information content (AvgIpc) is 2.91. The van der Waals surface area contributed by atoms with Gasteiger partial charge in [-0.3, -0.25) is 4.99 Å². The summed E-state index contributed by atoms with van der Waals surface area (Å²) >= 11 is 1.74. The van der Waals surface area contributed by atoms with E-state index in [0.29, 0.717) is 5.92 Å². The third-order valence-corrected chi connectivity index (χ3v) is 5.56. The van der Waals surface area contributed by atoms with Crippen LogP contribution in [0.5, 0.6) is 0 Å². The van der Waals surface area contributed by atoms with Crippen LogP contribution < -0.4 is 10.6 Å². The van der Waals surface area contributed by atoms with Crippen molar-refractivity contribution in [3.8, 4) is 0 Å². The highest BCUT2D eigenvalue weighted by Crippen LogP contribution is 2.18. The van der Waals surface area contributed by atoms with E-state index in [9.17, 15) is 0 Å². The van der Waals surface area contributed by atoms with Crippen molar-refractivity contribution >= 4 is 17.3 Å². The zero-order chi connectivity index (χ0) is 17.2. The van der Waals surface area contributed by atoms with Gasteiger partial charge in [-0.25, -0.2) is 4.98 Å². The number of nitrogens with zero attached hydrogens (tertiary/aromatic N) is 3. The van der Waals surface area contributed by atoms with Gasteiger partial charge in [0.25, 0.3) is 0 Å². The van der Waals surface area contributed by atoms with Crippen molar-refractivity contribution in [2.75, 3.05) is 33.2 Å². The fraction of sp³-hybridized carbons (Fsp3) is 0.778. The molecule has 1 aliphatic rings. The van der Waals surface area contributed by atoms with E-state index in [2.05, 4.69) is 44.7 Å². The number of nitrogens with one attached hydrogen (secondary N) is 2. The number of likely N-dealkylation sites (tertiary alicyclic amines) is 1. The van der Waals surface area contributed by atoms with Crippen molar-refractivity contribution in [3.63, 3.8) is 0 Å². The van der Waals surface area contributed by atoms with E-state index < -0.39 is 0 Å². The number of thiazole rings is 1. The van der Waals surface area contributed by atoms with Gasteiger partial charge in [-0.2, -0.15) is 0 Å². The number of hydrogen-bond donors (Lipinski definition) is 2. The summed E-state index contributed by atoms with van der Waals surface area (Å²) in [6.45, 7) is 9.79. The fourth-order valence-corrected chi connectivity index (χ4v) is 3.77. The number of hydrogen-bond acceptors (Lipinski definition) is 4. The zero-order valence-corrected chi connectivity index (χ0v) is 16.3. The Kier molecular flexibility index (Phi) is 8.53. The van der Waals surface area contributed by atoms with Crippen LogP contribution in [0.1, 0.15) is 62.6 Å². The molecule has 5 nitrogen and oxygen atoms in total. The molecule has 0 bridgehead atoms. The first-order chi connectivity index (χ1) is 11.7. The van der Waals surface area contributed by atoms with Crippen molar-refractivity contribution in [2.24, 2.45) is 4.99 Å². The summed E-state index contributed by atoms with van der Waals surface area (Å²) in [5.74, 6) is 1.37. The molecule has 1 fully saturated rings. The van der Waals surface area contributed by atoms with Crippen LogP contribution in [-0.4, -0.2) is 49.1 Å². The number of aromatic nitrogens is 1. The Balaban J connectivity index is 1.63. The topological polar surface area (TPSA) is 52.6 Å². The average molecular weight is 352 g/mol. The smallest absolute Gasteiger partial charge is 0.191 e. The number of rotatable bonds is 7. The highest BCUT2D eigenvalue weighted by atomic mass is 32.1. The lowest BCUT2D eigenvalue weighted by atomic mass is 10.2. The fourth-order valence-electron chi connectivity index (χ4n) is 2.93. The maximum Gasteiger partial charge on any atom is 0.191 e. The normalized spacial score (nSPS) is 17.1. The zero-order valence-electron chi connectivity index (χ0n) is 15.5. The third kappa shape index (κ3) is 6.77. The molecule has 1 aromatic rings. The number of guanidine groups is 1. The standard InChI is InChI=1S/C18H33N5S/c1-15(2)17-22-16(14-24-17)13-21-18(19-3)20-9-8-12-23-10-6-4-5-7-11-23/h14-15H,4-13H2,1-3H3,(H2,19,20,21). The first kappa shape index (κ1) is 19.2. The molecule has 0 radical (unpaired) electrons. The van der Waals surface area contributed by atoms with Crippen LogP contribution >= 0.6 is 11.3 Å². The molecule has 0 amide bonds. The molecule has 6 heteroatoms. The molecule has 1 aromatic heterocycles. The molecule has 0 atom stereocenters. The van der Waals surface area contributed by atoms with E-state index in [4.69, 9.17) is 0 Å². The van der Waals surface area contributed by atoms with Crippen molar-refractivity contribution in [2.45, 2.75) is 58.4 Å². The van der Waals surface area contributed by atoms with Gasteiger partial charge in [0.1, 0.15) is 0 Å². The van der Waals surface area contributed by atoms with E-state index in [-0.39, 0.29) is 0 Å². The largest absolute Gasteiger partial charge is 0.356 e. The van der Waals surface area contributed by atoms with Gasteiger partial charge < -0.3 is 15.5 Å². The quantitative estimate of drug-likeness (QED) is 0.450. The van der Waals surface area contributed by atoms with Gasteiger partial charge in [-0.15, -0.1) is 11.3 Å². The Morgan fingerprint density at radius 2 is 2.00 bits per heavy atom. The van der Waals surface area contributed by atoms with Crippen molar-refractivity contribution in [3.05, 3.63) is 16.1 Å². The minimum absolute atomic E-state index is 0.500. The minimum Gasteiger partial charge on any atom is -0.356 e.